The van der Waals surface area contributed by atoms with Gasteiger partial charge in [-0.05, 0) is 24.3 Å². The second kappa shape index (κ2) is 9.48. The van der Waals surface area contributed by atoms with E-state index in [4.69, 9.17) is 17.5 Å². The van der Waals surface area contributed by atoms with E-state index in [0.29, 0.717) is 6.07 Å². The van der Waals surface area contributed by atoms with E-state index in [1.807, 2.05) is 0 Å². The van der Waals surface area contributed by atoms with Gasteiger partial charge in [0, 0.05) is 19.8 Å². The number of anilines is 2. The molecule has 0 spiro atoms. The van der Waals surface area contributed by atoms with Crippen molar-refractivity contribution in [2.45, 2.75) is 6.18 Å². The van der Waals surface area contributed by atoms with Gasteiger partial charge in [-0.3, -0.25) is 9.59 Å². The standard InChI is InChI=1S/C19H15F4N5O2S/c1-25-18(30)13-4-3-11(6-15(13)20)28(10-31)9-17(29)27(2)12-5-14(19(21,22)23)16(7-24)26-8-12/h3-6,8,10H,9H2,1-2H3,(H,25,30). The van der Waals surface area contributed by atoms with Crippen molar-refractivity contribution in [2.75, 3.05) is 30.4 Å². The van der Waals surface area contributed by atoms with Crippen molar-refractivity contribution in [2.24, 2.45) is 0 Å². The van der Waals surface area contributed by atoms with Gasteiger partial charge in [-0.2, -0.15) is 18.4 Å². The van der Waals surface area contributed by atoms with Crippen LogP contribution in [0.4, 0.5) is 28.9 Å². The highest BCUT2D eigenvalue weighted by molar-refractivity contribution is 7.79. The number of rotatable bonds is 6. The number of amides is 2. The number of nitrogens with zero attached hydrogens (tertiary/aromatic N) is 4. The Bertz CT molecular complexity index is 1070. The number of hydrogen-bond acceptors (Lipinski definition) is 5. The Balaban J connectivity index is 2.27. The van der Waals surface area contributed by atoms with Crippen LogP contribution in [-0.2, 0) is 11.0 Å². The third-order valence-corrected chi connectivity index (χ3v) is 4.49. The van der Waals surface area contributed by atoms with Crippen LogP contribution in [0.1, 0.15) is 21.6 Å². The molecule has 1 N–H and O–H groups in total. The fourth-order valence-corrected chi connectivity index (χ4v) is 2.73. The van der Waals surface area contributed by atoms with Crippen LogP contribution < -0.4 is 15.1 Å². The van der Waals surface area contributed by atoms with Crippen molar-refractivity contribution in [3.05, 3.63) is 53.1 Å². The molecule has 0 saturated heterocycles. The maximum atomic E-state index is 14.2. The lowest BCUT2D eigenvalue weighted by Gasteiger charge is -2.24. The predicted molar refractivity (Wildman–Crippen MR) is 108 cm³/mol. The highest BCUT2D eigenvalue weighted by atomic mass is 32.1. The Hall–Kier alpha value is -3.59. The molecule has 2 rings (SSSR count). The van der Waals surface area contributed by atoms with Crippen LogP contribution in [0.3, 0.4) is 0 Å². The summed E-state index contributed by atoms with van der Waals surface area (Å²) in [5.74, 6) is -2.16. The number of carbonyl (C=O) groups is 2. The number of alkyl halides is 3. The normalized spacial score (nSPS) is 10.7. The zero-order valence-electron chi connectivity index (χ0n) is 16.2. The van der Waals surface area contributed by atoms with E-state index >= 15 is 0 Å². The lowest BCUT2D eigenvalue weighted by molar-refractivity contribution is -0.138. The molecule has 162 valence electrons. The number of thiocarbonyl (C=S) groups is 1. The molecular formula is C19H15F4N5O2S. The Morgan fingerprint density at radius 3 is 2.48 bits per heavy atom. The van der Waals surface area contributed by atoms with Crippen molar-refractivity contribution >= 4 is 40.9 Å². The molecule has 2 aromatic rings. The minimum atomic E-state index is -4.83. The zero-order chi connectivity index (χ0) is 23.3. The number of hydrogen-bond donors (Lipinski definition) is 1. The molecular weight excluding hydrogens is 438 g/mol. The van der Waals surface area contributed by atoms with E-state index in [1.165, 1.54) is 37.2 Å². The quantitative estimate of drug-likeness (QED) is 0.535. The molecule has 0 saturated carbocycles. The second-order valence-corrected chi connectivity index (χ2v) is 6.34. The summed E-state index contributed by atoms with van der Waals surface area (Å²) in [6, 6.07) is 5.59. The molecule has 0 atom stereocenters. The van der Waals surface area contributed by atoms with Gasteiger partial charge in [-0.25, -0.2) is 9.37 Å². The predicted octanol–water partition coefficient (Wildman–Crippen LogP) is 2.90. The van der Waals surface area contributed by atoms with Gasteiger partial charge in [0.2, 0.25) is 5.91 Å². The van der Waals surface area contributed by atoms with Gasteiger partial charge in [0.05, 0.1) is 28.5 Å². The first kappa shape index (κ1) is 23.7. The van der Waals surface area contributed by atoms with Gasteiger partial charge in [-0.1, -0.05) is 12.2 Å². The summed E-state index contributed by atoms with van der Waals surface area (Å²) in [6.45, 7) is -0.430. The van der Waals surface area contributed by atoms with Gasteiger partial charge in [-0.15, -0.1) is 0 Å². The topological polar surface area (TPSA) is 89.3 Å². The third-order valence-electron chi connectivity index (χ3n) is 4.23. The van der Waals surface area contributed by atoms with Crippen molar-refractivity contribution in [1.29, 1.82) is 5.26 Å². The number of likely N-dealkylation sites (N-methyl/N-ethyl adjacent to an activating group) is 1. The molecule has 12 heteroatoms. The molecule has 7 nitrogen and oxygen atoms in total. The fourth-order valence-electron chi connectivity index (χ4n) is 2.53. The molecule has 1 heterocycles. The summed E-state index contributed by atoms with van der Waals surface area (Å²) in [5, 5.41) is 11.1. The molecule has 0 aliphatic rings. The number of benzene rings is 1. The average molecular weight is 453 g/mol. The number of nitrogens with one attached hydrogen (secondary N) is 1. The number of carbonyl (C=O) groups excluding carboxylic acids is 2. The molecule has 1 aromatic carbocycles. The van der Waals surface area contributed by atoms with E-state index < -0.39 is 41.6 Å². The maximum Gasteiger partial charge on any atom is 0.419 e. The summed E-state index contributed by atoms with van der Waals surface area (Å²) in [6.07, 6.45) is -3.87. The first-order chi connectivity index (χ1) is 14.5. The monoisotopic (exact) mass is 453 g/mol. The van der Waals surface area contributed by atoms with Gasteiger partial charge in [0.15, 0.2) is 5.69 Å². The zero-order valence-corrected chi connectivity index (χ0v) is 17.0. The highest BCUT2D eigenvalue weighted by Gasteiger charge is 2.35. The molecule has 2 amide bonds. The van der Waals surface area contributed by atoms with Crippen LogP contribution >= 0.6 is 12.2 Å². The van der Waals surface area contributed by atoms with Crippen molar-refractivity contribution in [1.82, 2.24) is 10.3 Å². The lowest BCUT2D eigenvalue weighted by Crippen LogP contribution is -2.38. The van der Waals surface area contributed by atoms with Gasteiger partial charge in [0.1, 0.15) is 18.4 Å². The summed E-state index contributed by atoms with van der Waals surface area (Å²) in [7, 11) is 2.57. The number of nitriles is 1. The van der Waals surface area contributed by atoms with Gasteiger partial charge >= 0.3 is 6.18 Å². The molecule has 0 bridgehead atoms. The SMILES string of the molecule is CNC(=O)c1ccc(N(C=S)CC(=O)N(C)c2cnc(C#N)c(C(F)(F)F)c2)cc1F. The van der Waals surface area contributed by atoms with Crippen molar-refractivity contribution in [3.63, 3.8) is 0 Å². The number of pyridine rings is 1. The summed E-state index contributed by atoms with van der Waals surface area (Å²) < 4.78 is 53.6. The van der Waals surface area contributed by atoms with Gasteiger partial charge < -0.3 is 15.1 Å². The average Bonchev–Trinajstić information content (AvgIpc) is 2.75. The molecule has 0 fully saturated rings. The molecule has 31 heavy (non-hydrogen) atoms. The molecule has 1 aromatic heterocycles. The number of aromatic nitrogens is 1. The van der Waals surface area contributed by atoms with Crippen molar-refractivity contribution < 1.29 is 27.2 Å². The summed E-state index contributed by atoms with van der Waals surface area (Å²) in [5.41, 5.74) is -1.26. The molecule has 0 unspecified atom stereocenters. The minimum absolute atomic E-state index is 0.163. The van der Waals surface area contributed by atoms with E-state index in [0.717, 1.165) is 22.7 Å². The summed E-state index contributed by atoms with van der Waals surface area (Å²) in [4.78, 5) is 29.7. The Morgan fingerprint density at radius 2 is 1.97 bits per heavy atom. The Morgan fingerprint density at radius 1 is 1.29 bits per heavy atom. The molecule has 0 aliphatic heterocycles. The van der Waals surface area contributed by atoms with Crippen molar-refractivity contribution in [3.8, 4) is 6.07 Å². The van der Waals surface area contributed by atoms with Crippen LogP contribution in [0.25, 0.3) is 0 Å². The first-order valence-electron chi connectivity index (χ1n) is 8.51. The smallest absolute Gasteiger partial charge is 0.355 e. The second-order valence-electron chi connectivity index (χ2n) is 6.13. The Kier molecular flexibility index (Phi) is 7.24. The van der Waals surface area contributed by atoms with Crippen LogP contribution in [0.15, 0.2) is 30.5 Å². The summed E-state index contributed by atoms with van der Waals surface area (Å²) >= 11 is 4.86. The first-order valence-corrected chi connectivity index (χ1v) is 8.98. The van der Waals surface area contributed by atoms with E-state index in [2.05, 4.69) is 10.3 Å². The van der Waals surface area contributed by atoms with E-state index in [1.54, 1.807) is 0 Å². The largest absolute Gasteiger partial charge is 0.419 e. The fraction of sp³-hybridized carbons (Fsp3) is 0.211. The lowest BCUT2D eigenvalue weighted by atomic mass is 10.1. The minimum Gasteiger partial charge on any atom is -0.355 e. The number of halogens is 4. The van der Waals surface area contributed by atoms with Crippen LogP contribution in [0, 0.1) is 17.1 Å². The molecule has 0 radical (unpaired) electrons. The van der Waals surface area contributed by atoms with Crippen LogP contribution in [0.5, 0.6) is 0 Å². The van der Waals surface area contributed by atoms with Crippen LogP contribution in [0.2, 0.25) is 0 Å². The van der Waals surface area contributed by atoms with E-state index in [9.17, 15) is 27.2 Å². The third kappa shape index (κ3) is 5.32. The van der Waals surface area contributed by atoms with E-state index in [-0.39, 0.29) is 16.9 Å². The van der Waals surface area contributed by atoms with Gasteiger partial charge in [0.25, 0.3) is 5.91 Å². The molecule has 0 aliphatic carbocycles. The van der Waals surface area contributed by atoms with Crippen LogP contribution in [-0.4, -0.2) is 42.9 Å². The maximum absolute atomic E-state index is 14.2. The Labute approximate surface area is 179 Å². The highest BCUT2D eigenvalue weighted by Crippen LogP contribution is 2.33.